The third-order valence-electron chi connectivity index (χ3n) is 5.74. The number of amides is 3. The lowest BCUT2D eigenvalue weighted by Gasteiger charge is -2.15. The van der Waals surface area contributed by atoms with Gasteiger partial charge in [-0.05, 0) is 57.2 Å². The van der Waals surface area contributed by atoms with Crippen LogP contribution in [0.5, 0.6) is 0 Å². The number of primary amides is 1. The van der Waals surface area contributed by atoms with E-state index in [1.165, 1.54) is 0 Å². The number of furan rings is 1. The fourth-order valence-electron chi connectivity index (χ4n) is 3.89. The number of carbonyl (C=O) groups is 3. The third-order valence-corrected chi connectivity index (χ3v) is 5.74. The van der Waals surface area contributed by atoms with Gasteiger partial charge in [-0.2, -0.15) is 0 Å². The van der Waals surface area contributed by atoms with E-state index >= 15 is 0 Å². The predicted octanol–water partition coefficient (Wildman–Crippen LogP) is 2.41. The molecule has 2 heterocycles. The first kappa shape index (κ1) is 23.8. The summed E-state index contributed by atoms with van der Waals surface area (Å²) >= 11 is 0. The van der Waals surface area contributed by atoms with Gasteiger partial charge in [-0.3, -0.25) is 4.79 Å². The Bertz CT molecular complexity index is 1290. The van der Waals surface area contributed by atoms with Crippen LogP contribution in [0.4, 0.5) is 4.79 Å². The molecule has 10 nitrogen and oxygen atoms in total. The summed E-state index contributed by atoms with van der Waals surface area (Å²) in [6, 6.07) is 0.106. The molecule has 3 aromatic rings. The zero-order valence-corrected chi connectivity index (χ0v) is 18.7. The van der Waals surface area contributed by atoms with Gasteiger partial charge < -0.3 is 30.3 Å². The van der Waals surface area contributed by atoms with E-state index < -0.39 is 29.6 Å². The maximum Gasteiger partial charge on any atom is 0.339 e. The first-order valence-corrected chi connectivity index (χ1v) is 10.6. The molecule has 0 spiro atoms. The number of aryl methyl sites for hydroxylation is 3. The number of benzene rings is 1. The largest absolute Gasteiger partial charge is 0.480 e. The maximum absolute atomic E-state index is 12.7. The number of nitrogens with one attached hydrogen (secondary N) is 2. The Balaban J connectivity index is 1.75. The minimum Gasteiger partial charge on any atom is -0.480 e. The average Bonchev–Trinajstić information content (AvgIpc) is 3.11. The number of carboxylic acids is 1. The van der Waals surface area contributed by atoms with E-state index in [0.717, 1.165) is 21.9 Å². The second kappa shape index (κ2) is 9.76. The van der Waals surface area contributed by atoms with Crippen molar-refractivity contribution >= 4 is 39.8 Å². The van der Waals surface area contributed by atoms with E-state index in [9.17, 15) is 24.3 Å². The molecule has 0 aliphatic rings. The molecule has 5 N–H and O–H groups in total. The minimum absolute atomic E-state index is 0.0770. The van der Waals surface area contributed by atoms with Crippen LogP contribution in [0.15, 0.2) is 26.0 Å². The molecule has 0 radical (unpaired) electrons. The molecule has 0 saturated heterocycles. The van der Waals surface area contributed by atoms with Crippen LogP contribution in [0, 0.1) is 20.8 Å². The molecule has 2 aromatic heterocycles. The molecule has 1 aromatic carbocycles. The van der Waals surface area contributed by atoms with Gasteiger partial charge in [0.25, 0.3) is 0 Å². The molecule has 3 amide bonds. The fraction of sp³-hybridized carbons (Fsp3) is 0.391. The summed E-state index contributed by atoms with van der Waals surface area (Å²) in [6.45, 7) is 5.77. The molecule has 0 fully saturated rings. The summed E-state index contributed by atoms with van der Waals surface area (Å²) in [4.78, 5) is 47.2. The lowest BCUT2D eigenvalue weighted by atomic mass is 9.98. The number of urea groups is 1. The van der Waals surface area contributed by atoms with Crippen molar-refractivity contribution in [3.8, 4) is 0 Å². The molecule has 0 bridgehead atoms. The maximum atomic E-state index is 12.7. The van der Waals surface area contributed by atoms with Gasteiger partial charge >= 0.3 is 17.6 Å². The van der Waals surface area contributed by atoms with Gasteiger partial charge in [-0.25, -0.2) is 14.4 Å². The van der Waals surface area contributed by atoms with Crippen molar-refractivity contribution in [1.82, 2.24) is 10.6 Å². The first-order valence-electron chi connectivity index (χ1n) is 10.6. The summed E-state index contributed by atoms with van der Waals surface area (Å²) in [5.74, 6) is -1.68. The predicted molar refractivity (Wildman–Crippen MR) is 121 cm³/mol. The average molecular weight is 457 g/mol. The zero-order valence-electron chi connectivity index (χ0n) is 18.7. The molecular formula is C23H27N3O7. The third kappa shape index (κ3) is 5.16. The van der Waals surface area contributed by atoms with Gasteiger partial charge in [0.05, 0.1) is 6.26 Å². The smallest absolute Gasteiger partial charge is 0.339 e. The van der Waals surface area contributed by atoms with Crippen molar-refractivity contribution < 1.29 is 28.3 Å². The highest BCUT2D eigenvalue weighted by molar-refractivity contribution is 5.99. The molecule has 0 aliphatic heterocycles. The van der Waals surface area contributed by atoms with Crippen molar-refractivity contribution in [1.29, 1.82) is 0 Å². The van der Waals surface area contributed by atoms with E-state index in [1.54, 1.807) is 13.2 Å². The highest BCUT2D eigenvalue weighted by atomic mass is 16.4. The van der Waals surface area contributed by atoms with Crippen molar-refractivity contribution in [3.05, 3.63) is 45.0 Å². The van der Waals surface area contributed by atoms with Crippen molar-refractivity contribution in [2.75, 3.05) is 6.54 Å². The van der Waals surface area contributed by atoms with E-state index in [2.05, 4.69) is 10.6 Å². The molecule has 10 heteroatoms. The monoisotopic (exact) mass is 457 g/mol. The fourth-order valence-corrected chi connectivity index (χ4v) is 3.89. The summed E-state index contributed by atoms with van der Waals surface area (Å²) in [5.41, 5.74) is 8.33. The summed E-state index contributed by atoms with van der Waals surface area (Å²) < 4.78 is 11.2. The Morgan fingerprint density at radius 2 is 1.85 bits per heavy atom. The molecule has 0 unspecified atom stereocenters. The Morgan fingerprint density at radius 1 is 1.12 bits per heavy atom. The Hall–Kier alpha value is -3.82. The van der Waals surface area contributed by atoms with Gasteiger partial charge in [-0.15, -0.1) is 0 Å². The van der Waals surface area contributed by atoms with Crippen molar-refractivity contribution in [2.24, 2.45) is 5.73 Å². The van der Waals surface area contributed by atoms with Gasteiger partial charge in [0, 0.05) is 34.9 Å². The van der Waals surface area contributed by atoms with Crippen molar-refractivity contribution in [3.63, 3.8) is 0 Å². The molecule has 176 valence electrons. The summed E-state index contributed by atoms with van der Waals surface area (Å²) in [6.07, 6.45) is 2.13. The number of carbonyl (C=O) groups excluding carboxylic acids is 2. The topological polar surface area (TPSA) is 165 Å². The number of hydrogen-bond acceptors (Lipinski definition) is 6. The number of nitrogens with two attached hydrogens (primary N) is 1. The van der Waals surface area contributed by atoms with Gasteiger partial charge in [0.2, 0.25) is 5.91 Å². The van der Waals surface area contributed by atoms with E-state index in [1.807, 2.05) is 19.9 Å². The summed E-state index contributed by atoms with van der Waals surface area (Å²) in [5, 5.41) is 15.9. The molecule has 1 atom stereocenters. The number of rotatable bonds is 9. The first-order chi connectivity index (χ1) is 15.6. The zero-order chi connectivity index (χ0) is 24.3. The second-order valence-corrected chi connectivity index (χ2v) is 8.06. The number of fused-ring (bicyclic) bond motifs is 2. The van der Waals surface area contributed by atoms with Gasteiger partial charge in [0.1, 0.15) is 17.2 Å². The second-order valence-electron chi connectivity index (χ2n) is 8.06. The van der Waals surface area contributed by atoms with E-state index in [-0.39, 0.29) is 25.8 Å². The number of hydrogen-bond donors (Lipinski definition) is 4. The Labute approximate surface area is 189 Å². The van der Waals surface area contributed by atoms with Gasteiger partial charge in [-0.1, -0.05) is 0 Å². The molecule has 3 rings (SSSR count). The van der Waals surface area contributed by atoms with Crippen LogP contribution in [0.1, 0.15) is 41.5 Å². The molecule has 0 saturated carbocycles. The van der Waals surface area contributed by atoms with Crippen LogP contribution in [0.25, 0.3) is 21.9 Å². The van der Waals surface area contributed by atoms with Crippen LogP contribution in [-0.2, 0) is 16.0 Å². The number of aliphatic carboxylic acids is 1. The highest BCUT2D eigenvalue weighted by Crippen LogP contribution is 2.32. The lowest BCUT2D eigenvalue weighted by molar-refractivity contribution is -0.142. The van der Waals surface area contributed by atoms with Crippen LogP contribution in [0.3, 0.4) is 0 Å². The minimum atomic E-state index is -1.18. The Morgan fingerprint density at radius 3 is 2.52 bits per heavy atom. The van der Waals surface area contributed by atoms with Crippen LogP contribution < -0.4 is 22.0 Å². The van der Waals surface area contributed by atoms with E-state index in [0.29, 0.717) is 28.7 Å². The highest BCUT2D eigenvalue weighted by Gasteiger charge is 2.21. The van der Waals surface area contributed by atoms with Crippen LogP contribution >= 0.6 is 0 Å². The van der Waals surface area contributed by atoms with Crippen LogP contribution in [-0.4, -0.2) is 35.6 Å². The lowest BCUT2D eigenvalue weighted by Crippen LogP contribution is -2.41. The standard InChI is InChI=1S/C23H27N3O7/c1-11-10-32-19-13(3)20-16(9-15(11)19)12(2)14(22(30)33-20)6-7-18(27)26-17(21(28)29)5-4-8-25-23(24)31/h9-10,17H,4-8H2,1-3H3,(H,26,27)(H,28,29)(H3,24,25,31)/t17-/m0/s1. The van der Waals surface area contributed by atoms with Gasteiger partial charge in [0.15, 0.2) is 0 Å². The molecule has 0 aliphatic carbocycles. The molecule has 33 heavy (non-hydrogen) atoms. The van der Waals surface area contributed by atoms with Crippen LogP contribution in [0.2, 0.25) is 0 Å². The SMILES string of the molecule is Cc1coc2c(C)c3oc(=O)c(CCC(=O)N[C@@H](CCCNC(N)=O)C(=O)O)c(C)c3cc12. The van der Waals surface area contributed by atoms with E-state index in [4.69, 9.17) is 14.6 Å². The summed E-state index contributed by atoms with van der Waals surface area (Å²) in [7, 11) is 0. The van der Waals surface area contributed by atoms with Crippen molar-refractivity contribution in [2.45, 2.75) is 52.5 Å². The molecular weight excluding hydrogens is 430 g/mol. The Kier molecular flexibility index (Phi) is 7.05. The number of carboxylic acid groups (broad SMARTS) is 1. The normalized spacial score (nSPS) is 12.1. The quantitative estimate of drug-likeness (QED) is 0.283.